The fourth-order valence-electron chi connectivity index (χ4n) is 4.24. The quantitative estimate of drug-likeness (QED) is 0.126. The topological polar surface area (TPSA) is 68.9 Å². The minimum Gasteiger partial charge on any atom is -0.376 e. The van der Waals surface area contributed by atoms with E-state index < -0.39 is 7.82 Å². The second kappa shape index (κ2) is 17.2. The van der Waals surface area contributed by atoms with Gasteiger partial charge in [-0.1, -0.05) is 95.3 Å². The van der Waals surface area contributed by atoms with Crippen molar-refractivity contribution in [3.05, 3.63) is 17.1 Å². The Morgan fingerprint density at radius 3 is 2.31 bits per heavy atom. The maximum Gasteiger partial charge on any atom is 0.472 e. The van der Waals surface area contributed by atoms with E-state index in [1.807, 2.05) is 21.7 Å². The Kier molecular flexibility index (Phi) is 15.0. The molecule has 3 atom stereocenters. The molecule has 8 heteroatoms. The number of nitrogens with zero attached hydrogens (tertiary/aromatic N) is 1. The van der Waals surface area contributed by atoms with Crippen molar-refractivity contribution in [2.45, 2.75) is 109 Å². The third kappa shape index (κ3) is 13.4. The van der Waals surface area contributed by atoms with E-state index in [0.29, 0.717) is 12.5 Å². The Bertz CT molecular complexity index is 616. The van der Waals surface area contributed by atoms with Crippen LogP contribution in [0, 0.1) is 5.92 Å². The Morgan fingerprint density at radius 1 is 1.03 bits per heavy atom. The van der Waals surface area contributed by atoms with Crippen molar-refractivity contribution in [1.29, 1.82) is 0 Å². The maximum absolute atomic E-state index is 12.0. The highest BCUT2D eigenvalue weighted by atomic mass is 32.1. The van der Waals surface area contributed by atoms with Crippen molar-refractivity contribution >= 4 is 19.2 Å². The smallest absolute Gasteiger partial charge is 0.376 e. The van der Waals surface area contributed by atoms with E-state index in [1.165, 1.54) is 83.5 Å². The van der Waals surface area contributed by atoms with Gasteiger partial charge in [0.05, 0.1) is 18.1 Å². The summed E-state index contributed by atoms with van der Waals surface area (Å²) in [5.74, 6) is 0.542. The molecule has 1 N–H and O–H groups in total. The van der Waals surface area contributed by atoms with E-state index in [0.717, 1.165) is 13.0 Å². The first kappa shape index (κ1) is 27.9. The number of hydrogen-bond donors (Lipinski definition) is 1. The lowest BCUT2D eigenvalue weighted by Gasteiger charge is -2.14. The lowest BCUT2D eigenvalue weighted by atomic mass is 9.97. The van der Waals surface area contributed by atoms with Gasteiger partial charge in [0.1, 0.15) is 6.61 Å². The fourth-order valence-corrected chi connectivity index (χ4v) is 5.61. The molecule has 1 aromatic rings. The first-order valence-electron chi connectivity index (χ1n) is 12.7. The normalized spacial score (nSPS) is 20.6. The molecule has 1 fully saturated rings. The highest BCUT2D eigenvalue weighted by Gasteiger charge is 2.29. The monoisotopic (exact) mass is 490 g/mol. The molecule has 6 nitrogen and oxygen atoms in total. The van der Waals surface area contributed by atoms with Crippen molar-refractivity contribution in [1.82, 2.24) is 0 Å². The van der Waals surface area contributed by atoms with Crippen LogP contribution in [0.15, 0.2) is 17.1 Å². The summed E-state index contributed by atoms with van der Waals surface area (Å²) in [6.07, 6.45) is 20.3. The Balaban J connectivity index is 1.40. The molecule has 186 valence electrons. The SMILES string of the molecule is CCCCCCCCCCCCCCC1COC(COP(=O)(O)OCC[n+]2ccsc2)C1. The van der Waals surface area contributed by atoms with Gasteiger partial charge in [-0.25, -0.2) is 4.57 Å². The Morgan fingerprint density at radius 2 is 1.69 bits per heavy atom. The van der Waals surface area contributed by atoms with Crippen LogP contribution < -0.4 is 4.57 Å². The number of ether oxygens (including phenoxy) is 1. The van der Waals surface area contributed by atoms with Gasteiger partial charge in [0, 0.05) is 6.61 Å². The van der Waals surface area contributed by atoms with E-state index >= 15 is 0 Å². The summed E-state index contributed by atoms with van der Waals surface area (Å²) in [7, 11) is -4.02. The molecule has 0 amide bonds. The predicted molar refractivity (Wildman–Crippen MR) is 130 cm³/mol. The molecule has 2 rings (SSSR count). The lowest BCUT2D eigenvalue weighted by molar-refractivity contribution is -0.693. The van der Waals surface area contributed by atoms with E-state index in [4.69, 9.17) is 13.8 Å². The first-order chi connectivity index (χ1) is 15.6. The van der Waals surface area contributed by atoms with E-state index in [-0.39, 0.29) is 19.3 Å². The maximum atomic E-state index is 12.0. The van der Waals surface area contributed by atoms with Crippen LogP contribution in [0.3, 0.4) is 0 Å². The highest BCUT2D eigenvalue weighted by molar-refractivity contribution is 7.47. The van der Waals surface area contributed by atoms with Gasteiger partial charge in [-0.05, 0) is 18.8 Å². The third-order valence-corrected chi connectivity index (χ3v) is 7.84. The van der Waals surface area contributed by atoms with Gasteiger partial charge >= 0.3 is 7.82 Å². The molecular formula is C24H45NO5PS+. The fraction of sp³-hybridized carbons (Fsp3) is 0.875. The number of rotatable bonds is 20. The molecule has 32 heavy (non-hydrogen) atoms. The second-order valence-electron chi connectivity index (χ2n) is 9.10. The van der Waals surface area contributed by atoms with Crippen LogP contribution in [0.5, 0.6) is 0 Å². The van der Waals surface area contributed by atoms with E-state index in [1.54, 1.807) is 11.3 Å². The number of aromatic nitrogens is 1. The molecule has 1 saturated heterocycles. The minimum absolute atomic E-state index is 0.104. The average Bonchev–Trinajstić information content (AvgIpc) is 3.45. The molecule has 0 aliphatic carbocycles. The van der Waals surface area contributed by atoms with Gasteiger partial charge in [-0.2, -0.15) is 4.57 Å². The molecule has 1 aliphatic rings. The molecule has 1 aliphatic heterocycles. The van der Waals surface area contributed by atoms with Crippen LogP contribution in [0.4, 0.5) is 0 Å². The summed E-state index contributed by atoms with van der Waals surface area (Å²) in [5, 5.41) is 1.94. The summed E-state index contributed by atoms with van der Waals surface area (Å²) in [5.41, 5.74) is 1.93. The molecular weight excluding hydrogens is 445 g/mol. The number of phosphoric acid groups is 1. The molecule has 0 spiro atoms. The van der Waals surface area contributed by atoms with Crippen molar-refractivity contribution in [2.24, 2.45) is 5.92 Å². The Labute approximate surface area is 199 Å². The van der Waals surface area contributed by atoms with Gasteiger partial charge in [0.2, 0.25) is 5.51 Å². The van der Waals surface area contributed by atoms with Gasteiger partial charge < -0.3 is 9.63 Å². The number of unbranched alkanes of at least 4 members (excludes halogenated alkanes) is 11. The summed E-state index contributed by atoms with van der Waals surface area (Å²) in [6, 6.07) is 0. The van der Waals surface area contributed by atoms with Crippen LogP contribution in [0.1, 0.15) is 96.8 Å². The summed E-state index contributed by atoms with van der Waals surface area (Å²) < 4.78 is 29.9. The first-order valence-corrected chi connectivity index (χ1v) is 15.2. The molecule has 1 aromatic heterocycles. The summed E-state index contributed by atoms with van der Waals surface area (Å²) in [4.78, 5) is 9.84. The van der Waals surface area contributed by atoms with Crippen molar-refractivity contribution in [3.8, 4) is 0 Å². The minimum atomic E-state index is -4.02. The number of thiazole rings is 1. The van der Waals surface area contributed by atoms with E-state index in [2.05, 4.69) is 6.92 Å². The molecule has 0 radical (unpaired) electrons. The number of phosphoric ester groups is 1. The van der Waals surface area contributed by atoms with Crippen LogP contribution in [-0.2, 0) is 24.9 Å². The molecule has 0 aromatic carbocycles. The molecule has 0 bridgehead atoms. The standard InChI is InChI=1S/C24H44NO5PS/c1-2-3-4-5-6-7-8-9-10-11-12-13-14-23-19-24(28-20-23)21-30-31(26,27)29-17-15-25-16-18-32-22-25/h16,18,22-24H,2-15,17,19-21H2,1H3/p+1. The molecule has 3 unspecified atom stereocenters. The zero-order valence-electron chi connectivity index (χ0n) is 20.0. The Hall–Kier alpha value is -0.300. The molecule has 0 saturated carbocycles. The second-order valence-corrected chi connectivity index (χ2v) is 11.3. The zero-order chi connectivity index (χ0) is 22.9. The molecule has 2 heterocycles. The summed E-state index contributed by atoms with van der Waals surface area (Å²) in [6.45, 7) is 3.79. The van der Waals surface area contributed by atoms with Gasteiger partial charge in [0.25, 0.3) is 0 Å². The average molecular weight is 491 g/mol. The predicted octanol–water partition coefficient (Wildman–Crippen LogP) is 6.67. The summed E-state index contributed by atoms with van der Waals surface area (Å²) >= 11 is 1.57. The van der Waals surface area contributed by atoms with Gasteiger partial charge in [-0.3, -0.25) is 9.05 Å². The lowest BCUT2D eigenvalue weighted by Crippen LogP contribution is -2.32. The zero-order valence-corrected chi connectivity index (χ0v) is 21.7. The third-order valence-electron chi connectivity index (χ3n) is 6.18. The van der Waals surface area contributed by atoms with Crippen molar-refractivity contribution in [2.75, 3.05) is 19.8 Å². The van der Waals surface area contributed by atoms with Gasteiger partial charge in [0.15, 0.2) is 12.7 Å². The van der Waals surface area contributed by atoms with Crippen LogP contribution in [-0.4, -0.2) is 30.8 Å². The number of hydrogen-bond acceptors (Lipinski definition) is 5. The largest absolute Gasteiger partial charge is 0.472 e. The van der Waals surface area contributed by atoms with Crippen molar-refractivity contribution < 1.29 is 27.8 Å². The van der Waals surface area contributed by atoms with Crippen molar-refractivity contribution in [3.63, 3.8) is 0 Å². The van der Waals surface area contributed by atoms with Crippen LogP contribution in [0.2, 0.25) is 0 Å². The van der Waals surface area contributed by atoms with E-state index in [9.17, 15) is 9.46 Å². The van der Waals surface area contributed by atoms with Crippen LogP contribution >= 0.6 is 19.2 Å². The van der Waals surface area contributed by atoms with Crippen LogP contribution in [0.25, 0.3) is 0 Å². The van der Waals surface area contributed by atoms with Gasteiger partial charge in [-0.15, -0.1) is 0 Å². The highest BCUT2D eigenvalue weighted by Crippen LogP contribution is 2.43.